The molecule has 0 unspecified atom stereocenters. The number of piperidine rings is 1. The Bertz CT molecular complexity index is 1170. The van der Waals surface area contributed by atoms with Crippen LogP contribution in [-0.4, -0.2) is 50.2 Å². The van der Waals surface area contributed by atoms with Crippen molar-refractivity contribution in [2.24, 2.45) is 7.05 Å². The van der Waals surface area contributed by atoms with E-state index in [1.807, 2.05) is 0 Å². The first-order chi connectivity index (χ1) is 13.7. The summed E-state index contributed by atoms with van der Waals surface area (Å²) in [7, 11) is -2.82. The van der Waals surface area contributed by atoms with E-state index in [0.717, 1.165) is 16.4 Å². The minimum Gasteiger partial charge on any atom is -0.265 e. The van der Waals surface area contributed by atoms with Crippen molar-refractivity contribution < 1.29 is 21.6 Å². The lowest BCUT2D eigenvalue weighted by molar-refractivity contribution is 0.137. The lowest BCUT2D eigenvalue weighted by Crippen LogP contribution is -2.38. The number of fused-ring (bicyclic) bond motifs is 1. The summed E-state index contributed by atoms with van der Waals surface area (Å²) in [6, 6.07) is 0. The van der Waals surface area contributed by atoms with Gasteiger partial charge < -0.3 is 0 Å². The van der Waals surface area contributed by atoms with Gasteiger partial charge in [-0.05, 0) is 36.8 Å². The molecule has 1 aliphatic rings. The number of nitrogens with zero attached hydrogens (tertiary/aromatic N) is 6. The van der Waals surface area contributed by atoms with Gasteiger partial charge in [0.2, 0.25) is 10.0 Å². The van der Waals surface area contributed by atoms with Crippen LogP contribution in [-0.2, 0) is 17.1 Å². The molecule has 1 fully saturated rings. The number of hydrogen-bond donors (Lipinski definition) is 0. The molecule has 0 bridgehead atoms. The minimum absolute atomic E-state index is 0.0759. The molecule has 0 atom stereocenters. The highest BCUT2D eigenvalue weighted by Gasteiger charge is 2.35. The number of halogens is 3. The van der Waals surface area contributed by atoms with E-state index in [-0.39, 0.29) is 24.7 Å². The van der Waals surface area contributed by atoms with Crippen molar-refractivity contribution in [3.05, 3.63) is 41.4 Å². The van der Waals surface area contributed by atoms with Crippen LogP contribution in [0.15, 0.2) is 23.6 Å². The Morgan fingerprint density at radius 2 is 1.90 bits per heavy atom. The van der Waals surface area contributed by atoms with E-state index in [0.29, 0.717) is 18.4 Å². The van der Waals surface area contributed by atoms with Crippen LogP contribution in [0.5, 0.6) is 0 Å². The minimum atomic E-state index is -4.10. The zero-order chi connectivity index (χ0) is 20.9. The van der Waals surface area contributed by atoms with E-state index in [9.17, 15) is 21.6 Å². The highest BCUT2D eigenvalue weighted by molar-refractivity contribution is 7.89. The van der Waals surface area contributed by atoms with Gasteiger partial charge in [-0.3, -0.25) is 4.68 Å². The molecular formula is C17H19F3N6O2S. The average molecular weight is 428 g/mol. The van der Waals surface area contributed by atoms with Crippen molar-refractivity contribution in [1.29, 1.82) is 0 Å². The summed E-state index contributed by atoms with van der Waals surface area (Å²) in [6.45, 7) is 1.94. The zero-order valence-electron chi connectivity index (χ0n) is 15.8. The number of sulfonamides is 1. The van der Waals surface area contributed by atoms with Crippen molar-refractivity contribution in [3.63, 3.8) is 0 Å². The Kier molecular flexibility index (Phi) is 4.85. The summed E-state index contributed by atoms with van der Waals surface area (Å²) >= 11 is 0. The smallest absolute Gasteiger partial charge is 0.265 e. The third-order valence-corrected chi connectivity index (χ3v) is 7.38. The van der Waals surface area contributed by atoms with Gasteiger partial charge in [-0.15, -0.1) is 0 Å². The maximum absolute atomic E-state index is 14.5. The Morgan fingerprint density at radius 3 is 2.55 bits per heavy atom. The highest BCUT2D eigenvalue weighted by atomic mass is 32.2. The molecule has 4 rings (SSSR count). The van der Waals surface area contributed by atoms with Crippen LogP contribution in [0.3, 0.4) is 0 Å². The zero-order valence-corrected chi connectivity index (χ0v) is 16.6. The second-order valence-electron chi connectivity index (χ2n) is 7.05. The number of alkyl halides is 2. The van der Waals surface area contributed by atoms with Gasteiger partial charge in [0.25, 0.3) is 6.43 Å². The average Bonchev–Trinajstić information content (AvgIpc) is 3.31. The molecule has 156 valence electrons. The van der Waals surface area contributed by atoms with E-state index in [1.54, 1.807) is 13.1 Å². The summed E-state index contributed by atoms with van der Waals surface area (Å²) in [5.41, 5.74) is 0.718. The number of aromatic nitrogens is 5. The maximum Gasteiger partial charge on any atom is 0.281 e. The van der Waals surface area contributed by atoms with Crippen molar-refractivity contribution in [2.75, 3.05) is 13.1 Å². The van der Waals surface area contributed by atoms with Gasteiger partial charge in [-0.25, -0.2) is 31.1 Å². The van der Waals surface area contributed by atoms with Crippen LogP contribution in [0, 0.1) is 12.7 Å². The lowest BCUT2D eigenvalue weighted by Gasteiger charge is -2.32. The number of rotatable bonds is 4. The number of aryl methyl sites for hydroxylation is 1. The Morgan fingerprint density at radius 1 is 1.21 bits per heavy atom. The van der Waals surface area contributed by atoms with Gasteiger partial charge in [0.15, 0.2) is 11.5 Å². The molecule has 0 aliphatic carbocycles. The SMILES string of the molecule is Cc1c(C2CCN(S(=O)(=O)c3cnn(C)c3C(F)F)CC2)cn2ncnc2c1F. The van der Waals surface area contributed by atoms with E-state index in [2.05, 4.69) is 15.2 Å². The van der Waals surface area contributed by atoms with Gasteiger partial charge >= 0.3 is 0 Å². The topological polar surface area (TPSA) is 85.4 Å². The predicted molar refractivity (Wildman–Crippen MR) is 96.6 cm³/mol. The second-order valence-corrected chi connectivity index (χ2v) is 8.95. The highest BCUT2D eigenvalue weighted by Crippen LogP contribution is 2.35. The Hall–Kier alpha value is -2.47. The number of pyridine rings is 1. The monoisotopic (exact) mass is 428 g/mol. The fourth-order valence-electron chi connectivity index (χ4n) is 3.86. The standard InChI is InChI=1S/C17H19F3N6O2S/c1-10-12(8-26-17(14(10)18)21-9-23-26)11-3-5-25(6-4-11)29(27,28)13-7-22-24(2)15(13)16(19)20/h7-9,11,16H,3-6H2,1-2H3. The first-order valence-electron chi connectivity index (χ1n) is 9.00. The van der Waals surface area contributed by atoms with E-state index < -0.39 is 32.9 Å². The van der Waals surface area contributed by atoms with Crippen LogP contribution in [0.25, 0.3) is 5.65 Å². The molecule has 3 aromatic heterocycles. The van der Waals surface area contributed by atoms with Crippen LogP contribution in [0.1, 0.15) is 42.0 Å². The molecule has 0 N–H and O–H groups in total. The summed E-state index contributed by atoms with van der Waals surface area (Å²) in [5.74, 6) is -0.528. The van der Waals surface area contributed by atoms with Crippen molar-refractivity contribution in [1.82, 2.24) is 28.7 Å². The third-order valence-electron chi connectivity index (χ3n) is 5.46. The normalized spacial score (nSPS) is 16.9. The number of hydrogen-bond acceptors (Lipinski definition) is 5. The van der Waals surface area contributed by atoms with Gasteiger partial charge in [0.1, 0.15) is 16.9 Å². The Balaban J connectivity index is 1.58. The molecule has 29 heavy (non-hydrogen) atoms. The maximum atomic E-state index is 14.5. The largest absolute Gasteiger partial charge is 0.281 e. The van der Waals surface area contributed by atoms with Gasteiger partial charge in [0.05, 0.1) is 6.20 Å². The molecule has 0 amide bonds. The molecule has 1 saturated heterocycles. The molecule has 12 heteroatoms. The summed E-state index contributed by atoms with van der Waals surface area (Å²) in [5, 5.41) is 7.66. The van der Waals surface area contributed by atoms with E-state index >= 15 is 0 Å². The molecule has 0 saturated carbocycles. The quantitative estimate of drug-likeness (QED) is 0.637. The molecule has 0 aromatic carbocycles. The fraction of sp³-hybridized carbons (Fsp3) is 0.471. The fourth-order valence-corrected chi connectivity index (χ4v) is 5.49. The summed E-state index contributed by atoms with van der Waals surface area (Å²) in [6.07, 6.45) is 1.86. The van der Waals surface area contributed by atoms with E-state index in [1.165, 1.54) is 22.2 Å². The molecule has 0 spiro atoms. The molecular weight excluding hydrogens is 409 g/mol. The molecule has 1 aliphatic heterocycles. The van der Waals surface area contributed by atoms with Crippen molar-refractivity contribution >= 4 is 15.7 Å². The second kappa shape index (κ2) is 7.10. The van der Waals surface area contributed by atoms with Crippen LogP contribution >= 0.6 is 0 Å². The molecule has 8 nitrogen and oxygen atoms in total. The van der Waals surface area contributed by atoms with Gasteiger partial charge in [-0.2, -0.15) is 14.5 Å². The van der Waals surface area contributed by atoms with E-state index in [4.69, 9.17) is 0 Å². The van der Waals surface area contributed by atoms with Gasteiger partial charge in [-0.1, -0.05) is 0 Å². The van der Waals surface area contributed by atoms with Gasteiger partial charge in [0, 0.05) is 26.3 Å². The van der Waals surface area contributed by atoms with Crippen LogP contribution in [0.2, 0.25) is 0 Å². The van der Waals surface area contributed by atoms with Crippen molar-refractivity contribution in [3.8, 4) is 0 Å². The van der Waals surface area contributed by atoms with Crippen LogP contribution < -0.4 is 0 Å². The van der Waals surface area contributed by atoms with Crippen molar-refractivity contribution in [2.45, 2.75) is 37.0 Å². The first kappa shape index (κ1) is 19.8. The summed E-state index contributed by atoms with van der Waals surface area (Å²) in [4.78, 5) is 3.42. The Labute approximate surface area is 165 Å². The molecule has 4 heterocycles. The molecule has 3 aromatic rings. The van der Waals surface area contributed by atoms with Crippen LogP contribution in [0.4, 0.5) is 13.2 Å². The lowest BCUT2D eigenvalue weighted by atomic mass is 9.88. The third kappa shape index (κ3) is 3.19. The molecule has 0 radical (unpaired) electrons. The summed E-state index contributed by atoms with van der Waals surface area (Å²) < 4.78 is 70.3. The first-order valence-corrected chi connectivity index (χ1v) is 10.4. The predicted octanol–water partition coefficient (Wildman–Crippen LogP) is 2.42.